The van der Waals surface area contributed by atoms with Gasteiger partial charge < -0.3 is 5.32 Å². The molecule has 0 unspecified atom stereocenters. The van der Waals surface area contributed by atoms with Gasteiger partial charge in [-0.1, -0.05) is 27.5 Å². The first-order chi connectivity index (χ1) is 14.9. The van der Waals surface area contributed by atoms with Gasteiger partial charge in [0.25, 0.3) is 0 Å². The molecule has 2 aromatic rings. The van der Waals surface area contributed by atoms with Crippen LogP contribution in [0.1, 0.15) is 24.0 Å². The fourth-order valence-electron chi connectivity index (χ4n) is 6.28. The summed E-state index contributed by atoms with van der Waals surface area (Å²) in [6.07, 6.45) is 1.68. The Morgan fingerprint density at radius 2 is 1.87 bits per heavy atom. The number of hydrogen-bond donors (Lipinski definition) is 1. The van der Waals surface area contributed by atoms with Gasteiger partial charge in [-0.25, -0.2) is 4.90 Å². The molecule has 1 N–H and O–H groups in total. The molecule has 6 rings (SSSR count). The Kier molecular flexibility index (Phi) is 4.02. The molecule has 3 amide bonds. The van der Waals surface area contributed by atoms with E-state index in [1.54, 1.807) is 18.2 Å². The van der Waals surface area contributed by atoms with Crippen LogP contribution >= 0.6 is 27.5 Å². The molecular weight excluding hydrogens is 482 g/mol. The van der Waals surface area contributed by atoms with Gasteiger partial charge in [-0.15, -0.1) is 0 Å². The zero-order chi connectivity index (χ0) is 21.7. The van der Waals surface area contributed by atoms with Crippen LogP contribution in [0.2, 0.25) is 5.02 Å². The third-order valence-electron chi connectivity index (χ3n) is 7.35. The van der Waals surface area contributed by atoms with Gasteiger partial charge in [0.2, 0.25) is 17.7 Å². The molecule has 158 valence electrons. The van der Waals surface area contributed by atoms with Crippen molar-refractivity contribution in [2.45, 2.75) is 31.3 Å². The maximum atomic E-state index is 13.9. The Morgan fingerprint density at radius 1 is 1.13 bits per heavy atom. The van der Waals surface area contributed by atoms with Crippen LogP contribution in [-0.2, 0) is 19.9 Å². The Bertz CT molecular complexity index is 1180. The van der Waals surface area contributed by atoms with Gasteiger partial charge in [-0.3, -0.25) is 19.3 Å². The predicted molar refractivity (Wildman–Crippen MR) is 120 cm³/mol. The largest absolute Gasteiger partial charge is 0.324 e. The van der Waals surface area contributed by atoms with Crippen LogP contribution in [0.25, 0.3) is 0 Å². The summed E-state index contributed by atoms with van der Waals surface area (Å²) < 4.78 is 0.864. The lowest BCUT2D eigenvalue weighted by molar-refractivity contribution is -0.135. The van der Waals surface area contributed by atoms with Gasteiger partial charge in [0.15, 0.2) is 0 Å². The number of carbonyl (C=O) groups is 3. The van der Waals surface area contributed by atoms with Crippen LogP contribution in [-0.4, -0.2) is 35.2 Å². The number of nitrogens with one attached hydrogen (secondary N) is 1. The number of rotatable bonds is 1. The highest BCUT2D eigenvalue weighted by Gasteiger charge is 2.74. The molecule has 3 saturated heterocycles. The lowest BCUT2D eigenvalue weighted by Crippen LogP contribution is -2.54. The van der Waals surface area contributed by atoms with E-state index in [0.717, 1.165) is 28.4 Å². The number of aryl methyl sites for hydroxylation is 1. The maximum Gasteiger partial charge on any atom is 0.250 e. The number of halogens is 2. The van der Waals surface area contributed by atoms with Crippen LogP contribution < -0.4 is 10.2 Å². The third-order valence-corrected chi connectivity index (χ3v) is 8.10. The number of nitrogens with zero attached hydrogens (tertiary/aromatic N) is 2. The van der Waals surface area contributed by atoms with Crippen molar-refractivity contribution in [2.24, 2.45) is 11.8 Å². The number of fused-ring (bicyclic) bond motifs is 7. The molecule has 6 nitrogen and oxygen atoms in total. The van der Waals surface area contributed by atoms with Crippen molar-refractivity contribution in [1.29, 1.82) is 0 Å². The standard InChI is InChI=1S/C23H19BrClN3O3/c1-11-9-13(25)10-15-19(11)26-22(31)23(15)18-17(16-3-2-8-27(16)23)20(29)28(21(18)30)14-6-4-12(24)5-7-14/h4-7,9-10,16-18H,2-3,8H2,1H3,(H,26,31)/t16-,17+,18-,23-/m0/s1. The Labute approximate surface area is 192 Å². The van der Waals surface area contributed by atoms with E-state index < -0.39 is 17.4 Å². The quantitative estimate of drug-likeness (QED) is 0.604. The number of anilines is 2. The van der Waals surface area contributed by atoms with E-state index in [1.165, 1.54) is 4.90 Å². The van der Waals surface area contributed by atoms with Crippen molar-refractivity contribution in [3.8, 4) is 0 Å². The van der Waals surface area contributed by atoms with Crippen LogP contribution in [0.3, 0.4) is 0 Å². The summed E-state index contributed by atoms with van der Waals surface area (Å²) >= 11 is 9.80. The number of benzene rings is 2. The van der Waals surface area contributed by atoms with E-state index in [1.807, 2.05) is 25.1 Å². The van der Waals surface area contributed by atoms with Gasteiger partial charge in [0.1, 0.15) is 5.54 Å². The minimum Gasteiger partial charge on any atom is -0.324 e. The second kappa shape index (κ2) is 6.40. The number of imide groups is 1. The molecule has 0 aliphatic carbocycles. The summed E-state index contributed by atoms with van der Waals surface area (Å²) in [6, 6.07) is 10.6. The second-order valence-electron chi connectivity index (χ2n) is 8.76. The smallest absolute Gasteiger partial charge is 0.250 e. The van der Waals surface area contributed by atoms with E-state index in [4.69, 9.17) is 11.6 Å². The summed E-state index contributed by atoms with van der Waals surface area (Å²) in [5.41, 5.74) is 1.62. The van der Waals surface area contributed by atoms with Crippen LogP contribution in [0.5, 0.6) is 0 Å². The summed E-state index contributed by atoms with van der Waals surface area (Å²) in [5.74, 6) is -2.08. The molecule has 0 bridgehead atoms. The topological polar surface area (TPSA) is 69.7 Å². The minimum atomic E-state index is -1.20. The summed E-state index contributed by atoms with van der Waals surface area (Å²) in [4.78, 5) is 44.5. The molecule has 0 radical (unpaired) electrons. The molecular formula is C23H19BrClN3O3. The molecule has 0 saturated carbocycles. The van der Waals surface area contributed by atoms with Crippen LogP contribution in [0.15, 0.2) is 40.9 Å². The average molecular weight is 501 g/mol. The molecule has 0 aromatic heterocycles. The molecule has 4 atom stereocenters. The number of carbonyl (C=O) groups excluding carboxylic acids is 3. The SMILES string of the molecule is Cc1cc(Cl)cc2c1NC(=O)[C@@]21[C@@H]2C(=O)N(c3ccc(Br)cc3)C(=O)[C@@H]2[C@@H]2CCCN21. The highest BCUT2D eigenvalue weighted by Crippen LogP contribution is 2.61. The third kappa shape index (κ3) is 2.29. The van der Waals surface area contributed by atoms with Gasteiger partial charge in [-0.05, 0) is 68.3 Å². The van der Waals surface area contributed by atoms with E-state index in [9.17, 15) is 14.4 Å². The van der Waals surface area contributed by atoms with Crippen LogP contribution in [0.4, 0.5) is 11.4 Å². The highest BCUT2D eigenvalue weighted by atomic mass is 79.9. The normalized spacial score (nSPS) is 31.4. The van der Waals surface area contributed by atoms with Crippen LogP contribution in [0, 0.1) is 18.8 Å². The van der Waals surface area contributed by atoms with Gasteiger partial charge in [0.05, 0.1) is 17.5 Å². The predicted octanol–water partition coefficient (Wildman–Crippen LogP) is 3.84. The molecule has 2 aromatic carbocycles. The first kappa shape index (κ1) is 19.5. The summed E-state index contributed by atoms with van der Waals surface area (Å²) in [7, 11) is 0. The summed E-state index contributed by atoms with van der Waals surface area (Å²) in [5, 5.41) is 3.54. The maximum absolute atomic E-state index is 13.9. The van der Waals surface area contributed by atoms with Crippen molar-refractivity contribution < 1.29 is 14.4 Å². The minimum absolute atomic E-state index is 0.141. The van der Waals surface area contributed by atoms with E-state index in [-0.39, 0.29) is 23.8 Å². The molecule has 4 aliphatic heterocycles. The monoisotopic (exact) mass is 499 g/mol. The van der Waals surface area contributed by atoms with Gasteiger partial charge >= 0.3 is 0 Å². The fraction of sp³-hybridized carbons (Fsp3) is 0.348. The molecule has 3 fully saturated rings. The molecule has 4 aliphatic rings. The van der Waals surface area contributed by atoms with Crippen molar-refractivity contribution >= 4 is 56.6 Å². The Hall–Kier alpha value is -2.22. The second-order valence-corrected chi connectivity index (χ2v) is 10.1. The van der Waals surface area contributed by atoms with Gasteiger partial charge in [-0.2, -0.15) is 0 Å². The molecule has 4 heterocycles. The zero-order valence-electron chi connectivity index (χ0n) is 16.7. The molecule has 31 heavy (non-hydrogen) atoms. The molecule has 8 heteroatoms. The van der Waals surface area contributed by atoms with E-state index in [0.29, 0.717) is 22.9 Å². The lowest BCUT2D eigenvalue weighted by atomic mass is 9.75. The first-order valence-electron chi connectivity index (χ1n) is 10.4. The van der Waals surface area contributed by atoms with Crippen molar-refractivity contribution in [1.82, 2.24) is 4.90 Å². The fourth-order valence-corrected chi connectivity index (χ4v) is 6.82. The van der Waals surface area contributed by atoms with Crippen molar-refractivity contribution in [2.75, 3.05) is 16.8 Å². The average Bonchev–Trinajstić information content (AvgIpc) is 3.42. The van der Waals surface area contributed by atoms with Crippen molar-refractivity contribution in [3.05, 3.63) is 57.0 Å². The first-order valence-corrected chi connectivity index (χ1v) is 11.5. The van der Waals surface area contributed by atoms with Gasteiger partial charge in [0, 0.05) is 26.8 Å². The number of hydrogen-bond acceptors (Lipinski definition) is 4. The van der Waals surface area contributed by atoms with Crippen molar-refractivity contribution in [3.63, 3.8) is 0 Å². The molecule has 1 spiro atoms. The van der Waals surface area contributed by atoms with E-state index in [2.05, 4.69) is 26.1 Å². The summed E-state index contributed by atoms with van der Waals surface area (Å²) in [6.45, 7) is 2.57. The zero-order valence-corrected chi connectivity index (χ0v) is 19.0. The Morgan fingerprint density at radius 3 is 2.61 bits per heavy atom. The Balaban J connectivity index is 1.57. The number of amides is 3. The lowest BCUT2D eigenvalue weighted by Gasteiger charge is -2.36. The highest BCUT2D eigenvalue weighted by molar-refractivity contribution is 9.10. The van der Waals surface area contributed by atoms with E-state index >= 15 is 0 Å².